The molecule has 1 N–H and O–H groups in total. The normalized spacial score (nSPS) is 28.6. The number of halogens is 1. The molecule has 1 amide bonds. The van der Waals surface area contributed by atoms with Gasteiger partial charge in [-0.15, -0.1) is 11.3 Å². The fraction of sp³-hybridized carbons (Fsp3) is 0.429. The molecule has 0 atom stereocenters. The molecule has 2 aromatic heterocycles. The topological polar surface area (TPSA) is 89.3 Å². The van der Waals surface area contributed by atoms with Gasteiger partial charge in [0.05, 0.1) is 10.2 Å². The molecule has 1 aromatic carbocycles. The minimum atomic E-state index is -3.26. The van der Waals surface area contributed by atoms with E-state index in [-0.39, 0.29) is 22.6 Å². The number of fused-ring (bicyclic) bond motifs is 1. The highest BCUT2D eigenvalue weighted by Gasteiger charge is 2.70. The van der Waals surface area contributed by atoms with Crippen molar-refractivity contribution in [1.29, 1.82) is 0 Å². The first-order chi connectivity index (χ1) is 14.1. The fourth-order valence-electron chi connectivity index (χ4n) is 5.19. The second-order valence-electron chi connectivity index (χ2n) is 9.11. The van der Waals surface area contributed by atoms with Crippen LogP contribution in [0, 0.1) is 0 Å². The van der Waals surface area contributed by atoms with E-state index in [2.05, 4.69) is 27.3 Å². The molecule has 7 rings (SSSR count). The summed E-state index contributed by atoms with van der Waals surface area (Å²) in [6.07, 6.45) is 4.97. The number of hydrogen-bond acceptors (Lipinski definition) is 6. The van der Waals surface area contributed by atoms with Gasteiger partial charge < -0.3 is 9.73 Å². The number of amides is 1. The first kappa shape index (κ1) is 19.0. The van der Waals surface area contributed by atoms with Crippen LogP contribution in [-0.4, -0.2) is 31.1 Å². The summed E-state index contributed by atoms with van der Waals surface area (Å²) in [6.45, 7) is 0. The third-order valence-corrected chi connectivity index (χ3v) is 10.7. The number of carbonyl (C=O) groups excluding carboxylic acids is 1. The highest BCUT2D eigenvalue weighted by molar-refractivity contribution is 9.10. The molecule has 0 spiro atoms. The lowest BCUT2D eigenvalue weighted by atomic mass is 9.39. The number of aromatic nitrogens is 1. The van der Waals surface area contributed by atoms with Gasteiger partial charge in [0.1, 0.15) is 15.5 Å². The van der Waals surface area contributed by atoms with Gasteiger partial charge in [-0.1, -0.05) is 15.9 Å². The Morgan fingerprint density at radius 2 is 1.93 bits per heavy atom. The van der Waals surface area contributed by atoms with Crippen LogP contribution in [-0.2, 0) is 20.0 Å². The van der Waals surface area contributed by atoms with Crippen molar-refractivity contribution in [3.8, 4) is 0 Å². The van der Waals surface area contributed by atoms with Crippen molar-refractivity contribution in [2.24, 2.45) is 0 Å². The lowest BCUT2D eigenvalue weighted by molar-refractivity contribution is -0.0811. The van der Waals surface area contributed by atoms with Gasteiger partial charge in [-0.3, -0.25) is 4.79 Å². The van der Waals surface area contributed by atoms with Gasteiger partial charge in [0.15, 0.2) is 15.6 Å². The SMILES string of the molecule is CS(=O)(=O)C1(c2ccc(C(=O)NC34CC(c5nc6ccc(Br)cc6s5)(C3)C4)o2)CC1. The van der Waals surface area contributed by atoms with Crippen molar-refractivity contribution < 1.29 is 17.6 Å². The standard InChI is InChI=1S/C21H19BrN2O4S2/c1-30(26,27)21(6-7-21)16-5-4-14(28-16)17(25)24-20-9-19(10-20,11-20)18-23-13-3-2-12(22)8-15(13)29-18/h2-5,8H,6-7,9-11H2,1H3,(H,24,25). The van der Waals surface area contributed by atoms with Crippen molar-refractivity contribution in [2.75, 3.05) is 6.26 Å². The zero-order chi connectivity index (χ0) is 20.9. The monoisotopic (exact) mass is 506 g/mol. The second-order valence-corrected chi connectivity index (χ2v) is 13.4. The first-order valence-electron chi connectivity index (χ1n) is 9.83. The molecule has 0 saturated heterocycles. The Balaban J connectivity index is 1.16. The largest absolute Gasteiger partial charge is 0.454 e. The number of carbonyl (C=O) groups is 1. The Morgan fingerprint density at radius 3 is 2.60 bits per heavy atom. The summed E-state index contributed by atoms with van der Waals surface area (Å²) in [4.78, 5) is 17.6. The van der Waals surface area contributed by atoms with E-state index in [0.717, 1.165) is 34.3 Å². The molecule has 0 unspecified atom stereocenters. The maximum absolute atomic E-state index is 12.7. The summed E-state index contributed by atoms with van der Waals surface area (Å²) in [5.41, 5.74) is 0.895. The minimum Gasteiger partial charge on any atom is -0.454 e. The Bertz CT molecular complexity index is 1320. The molecule has 4 aliphatic carbocycles. The fourth-order valence-corrected chi connectivity index (χ4v) is 8.21. The van der Waals surface area contributed by atoms with Crippen molar-refractivity contribution in [1.82, 2.24) is 10.3 Å². The lowest BCUT2D eigenvalue weighted by Crippen LogP contribution is -2.76. The Morgan fingerprint density at radius 1 is 1.20 bits per heavy atom. The van der Waals surface area contributed by atoms with E-state index >= 15 is 0 Å². The van der Waals surface area contributed by atoms with Crippen LogP contribution >= 0.6 is 27.3 Å². The molecule has 0 aliphatic heterocycles. The van der Waals surface area contributed by atoms with Gasteiger partial charge in [0.2, 0.25) is 0 Å². The number of hydrogen-bond donors (Lipinski definition) is 1. The molecular formula is C21H19BrN2O4S2. The summed E-state index contributed by atoms with van der Waals surface area (Å²) >= 11 is 5.24. The molecule has 6 nitrogen and oxygen atoms in total. The van der Waals surface area contributed by atoms with E-state index in [0.29, 0.717) is 18.6 Å². The number of nitrogens with zero attached hydrogens (tertiary/aromatic N) is 1. The van der Waals surface area contributed by atoms with Crippen molar-refractivity contribution in [3.63, 3.8) is 0 Å². The van der Waals surface area contributed by atoms with Crippen molar-refractivity contribution in [2.45, 2.75) is 47.8 Å². The van der Waals surface area contributed by atoms with Gasteiger partial charge in [0, 0.05) is 21.7 Å². The third kappa shape index (κ3) is 2.54. The van der Waals surface area contributed by atoms with E-state index in [1.165, 1.54) is 11.0 Å². The van der Waals surface area contributed by atoms with Crippen LogP contribution in [0.15, 0.2) is 39.2 Å². The van der Waals surface area contributed by atoms with Gasteiger partial charge >= 0.3 is 0 Å². The molecule has 156 valence electrons. The number of nitrogens with one attached hydrogen (secondary N) is 1. The van der Waals surface area contributed by atoms with Crippen molar-refractivity contribution in [3.05, 3.63) is 51.3 Å². The summed E-state index contributed by atoms with van der Waals surface area (Å²) in [5, 5.41) is 4.27. The van der Waals surface area contributed by atoms with Crippen LogP contribution in [0.4, 0.5) is 0 Å². The quantitative estimate of drug-likeness (QED) is 0.557. The second kappa shape index (κ2) is 5.75. The predicted octanol–water partition coefficient (Wildman–Crippen LogP) is 4.29. The minimum absolute atomic E-state index is 0.0755. The van der Waals surface area contributed by atoms with Gasteiger partial charge in [-0.2, -0.15) is 0 Å². The van der Waals surface area contributed by atoms with E-state index in [1.807, 2.05) is 12.1 Å². The van der Waals surface area contributed by atoms with E-state index in [9.17, 15) is 13.2 Å². The zero-order valence-electron chi connectivity index (χ0n) is 16.2. The van der Waals surface area contributed by atoms with Gasteiger partial charge in [-0.25, -0.2) is 13.4 Å². The Kier molecular flexibility index (Phi) is 3.64. The molecule has 4 fully saturated rings. The number of sulfone groups is 1. The average Bonchev–Trinajstić information content (AvgIpc) is 3.11. The van der Waals surface area contributed by atoms with Crippen LogP contribution < -0.4 is 5.32 Å². The molecule has 0 radical (unpaired) electrons. The Hall–Kier alpha value is -1.71. The maximum atomic E-state index is 12.7. The predicted molar refractivity (Wildman–Crippen MR) is 118 cm³/mol. The first-order valence-corrected chi connectivity index (χ1v) is 13.3. The lowest BCUT2D eigenvalue weighted by Gasteiger charge is -2.69. The molecule has 2 heterocycles. The smallest absolute Gasteiger partial charge is 0.287 e. The molecule has 2 bridgehead atoms. The van der Waals surface area contributed by atoms with E-state index in [1.54, 1.807) is 23.5 Å². The molecule has 30 heavy (non-hydrogen) atoms. The van der Waals surface area contributed by atoms with E-state index < -0.39 is 14.6 Å². The third-order valence-electron chi connectivity index (χ3n) is 6.91. The molecule has 4 saturated carbocycles. The number of thiazole rings is 1. The van der Waals surface area contributed by atoms with Crippen LogP contribution in [0.5, 0.6) is 0 Å². The summed E-state index contributed by atoms with van der Waals surface area (Å²) in [7, 11) is -3.26. The Labute approximate surface area is 186 Å². The van der Waals surface area contributed by atoms with Crippen LogP contribution in [0.25, 0.3) is 10.2 Å². The molecule has 3 aromatic rings. The van der Waals surface area contributed by atoms with Crippen molar-refractivity contribution >= 4 is 53.2 Å². The van der Waals surface area contributed by atoms with Crippen LogP contribution in [0.2, 0.25) is 0 Å². The maximum Gasteiger partial charge on any atom is 0.287 e. The zero-order valence-corrected chi connectivity index (χ0v) is 19.4. The van der Waals surface area contributed by atoms with E-state index in [4.69, 9.17) is 9.40 Å². The van der Waals surface area contributed by atoms with Crippen LogP contribution in [0.1, 0.15) is 53.4 Å². The number of furan rings is 1. The molecule has 4 aliphatic rings. The average molecular weight is 507 g/mol. The van der Waals surface area contributed by atoms with Gasteiger partial charge in [0.25, 0.3) is 5.91 Å². The summed E-state index contributed by atoms with van der Waals surface area (Å²) in [6, 6.07) is 9.34. The molecule has 9 heteroatoms. The highest BCUT2D eigenvalue weighted by atomic mass is 79.9. The van der Waals surface area contributed by atoms with Gasteiger partial charge in [-0.05, 0) is 62.4 Å². The number of rotatable bonds is 5. The molecular weight excluding hydrogens is 488 g/mol. The summed E-state index contributed by atoms with van der Waals surface area (Å²) in [5.74, 6) is 0.292. The summed E-state index contributed by atoms with van der Waals surface area (Å²) < 4.78 is 31.1. The van der Waals surface area contributed by atoms with Crippen LogP contribution in [0.3, 0.4) is 0 Å². The number of benzene rings is 1. The highest BCUT2D eigenvalue weighted by Crippen LogP contribution is 2.68.